The molecule has 0 amide bonds. The molecule has 5 nitrogen and oxygen atoms in total. The minimum atomic E-state index is -0.532. The molecule has 0 bridgehead atoms. The quantitative estimate of drug-likeness (QED) is 0.236. The molecule has 4 rings (SSSR count). The molecule has 3 N–H and O–H groups in total. The first kappa shape index (κ1) is 30.5. The maximum Gasteiger partial charge on any atom is 0.160 e. The third kappa shape index (κ3) is 7.43. The van der Waals surface area contributed by atoms with Gasteiger partial charge >= 0.3 is 0 Å². The molecule has 10 atom stereocenters. The number of hydrogen-bond acceptors (Lipinski definition) is 5. The Bertz CT molecular complexity index is 774. The third-order valence-electron chi connectivity index (χ3n) is 11.0. The highest BCUT2D eigenvalue weighted by atomic mass is 16.7. The SMILES string of the molecule is CC1CCC(CCCCC(C)(C)O)CCC[C@@]2(C)C3CC[C@H](O[C@H]4C[C@@H](O)C[C@@H](CO)O4)[C@H](C)C3=CCC12. The van der Waals surface area contributed by atoms with Gasteiger partial charge in [0.2, 0.25) is 0 Å². The van der Waals surface area contributed by atoms with Crippen molar-refractivity contribution in [1.82, 2.24) is 0 Å². The van der Waals surface area contributed by atoms with E-state index in [1.807, 2.05) is 13.8 Å². The van der Waals surface area contributed by atoms with Crippen LogP contribution in [-0.4, -0.2) is 52.1 Å². The number of aliphatic hydroxyl groups excluding tert-OH is 2. The Morgan fingerprint density at radius 2 is 1.87 bits per heavy atom. The van der Waals surface area contributed by atoms with Crippen LogP contribution in [0.15, 0.2) is 11.6 Å². The summed E-state index contributed by atoms with van der Waals surface area (Å²) in [6, 6.07) is 0. The predicted molar refractivity (Wildman–Crippen MR) is 153 cm³/mol. The summed E-state index contributed by atoms with van der Waals surface area (Å²) < 4.78 is 12.4. The van der Waals surface area contributed by atoms with Gasteiger partial charge in [-0.3, -0.25) is 0 Å². The maximum absolute atomic E-state index is 10.2. The van der Waals surface area contributed by atoms with Crippen LogP contribution in [0.1, 0.15) is 125 Å². The van der Waals surface area contributed by atoms with Gasteiger partial charge in [-0.15, -0.1) is 0 Å². The predicted octanol–water partition coefficient (Wildman–Crippen LogP) is 6.78. The van der Waals surface area contributed by atoms with Gasteiger partial charge < -0.3 is 24.8 Å². The summed E-state index contributed by atoms with van der Waals surface area (Å²) in [7, 11) is 0. The van der Waals surface area contributed by atoms with Crippen LogP contribution in [0.3, 0.4) is 0 Å². The van der Waals surface area contributed by atoms with Crippen LogP contribution >= 0.6 is 0 Å². The number of allylic oxidation sites excluding steroid dienone is 1. The lowest BCUT2D eigenvalue weighted by Gasteiger charge is -2.54. The highest BCUT2D eigenvalue weighted by Gasteiger charge is 2.50. The zero-order chi connectivity index (χ0) is 27.5. The molecule has 220 valence electrons. The van der Waals surface area contributed by atoms with Gasteiger partial charge in [-0.1, -0.05) is 77.4 Å². The molecule has 3 aliphatic carbocycles. The number of ether oxygens (including phenoxy) is 2. The van der Waals surface area contributed by atoms with Crippen LogP contribution in [0.25, 0.3) is 0 Å². The highest BCUT2D eigenvalue weighted by molar-refractivity contribution is 5.23. The van der Waals surface area contributed by atoms with Crippen LogP contribution in [0, 0.1) is 35.0 Å². The van der Waals surface area contributed by atoms with Crippen LogP contribution in [0.2, 0.25) is 0 Å². The molecule has 4 aliphatic rings. The van der Waals surface area contributed by atoms with Crippen molar-refractivity contribution >= 4 is 0 Å². The largest absolute Gasteiger partial charge is 0.394 e. The lowest BCUT2D eigenvalue weighted by Crippen LogP contribution is -2.48. The van der Waals surface area contributed by atoms with Crippen molar-refractivity contribution in [3.05, 3.63) is 11.6 Å². The molecule has 0 aromatic heterocycles. The van der Waals surface area contributed by atoms with Gasteiger partial charge in [0, 0.05) is 18.8 Å². The van der Waals surface area contributed by atoms with Crippen LogP contribution in [0.4, 0.5) is 0 Å². The second kappa shape index (κ2) is 13.0. The molecule has 0 spiro atoms. The van der Waals surface area contributed by atoms with E-state index in [4.69, 9.17) is 9.47 Å². The summed E-state index contributed by atoms with van der Waals surface area (Å²) in [6.45, 7) is 11.3. The normalized spacial score (nSPS) is 42.7. The molecule has 0 radical (unpaired) electrons. The van der Waals surface area contributed by atoms with Crippen molar-refractivity contribution in [1.29, 1.82) is 0 Å². The summed E-state index contributed by atoms with van der Waals surface area (Å²) in [6.07, 6.45) is 17.3. The van der Waals surface area contributed by atoms with Crippen molar-refractivity contribution in [3.8, 4) is 0 Å². The monoisotopic (exact) mass is 534 g/mol. The van der Waals surface area contributed by atoms with Crippen molar-refractivity contribution in [3.63, 3.8) is 0 Å². The number of hydrogen-bond donors (Lipinski definition) is 3. The number of unbranched alkanes of at least 4 members (excludes halogenated alkanes) is 1. The summed E-state index contributed by atoms with van der Waals surface area (Å²) in [5.74, 6) is 3.37. The van der Waals surface area contributed by atoms with E-state index in [1.54, 1.807) is 5.57 Å². The number of aliphatic hydroxyl groups is 3. The minimum absolute atomic E-state index is 0.0655. The Hall–Kier alpha value is -0.460. The molecule has 38 heavy (non-hydrogen) atoms. The molecule has 1 aliphatic heterocycles. The first-order chi connectivity index (χ1) is 18.0. The fourth-order valence-electron chi connectivity index (χ4n) is 8.78. The summed E-state index contributed by atoms with van der Waals surface area (Å²) in [4.78, 5) is 0. The standard InChI is InChI=1S/C33H58O5/c1-22-11-12-24(9-6-7-17-32(3,4)36)10-8-18-33(5)28(22)14-13-27-23(2)30(16-15-29(27)33)38-31-20-25(35)19-26(21-34)37-31/h13,22-26,28-31,34-36H,6-12,14-21H2,1-5H3/t22?,23-,24?,25+,26+,28?,29?,30+,31+,33-/m1/s1. The smallest absolute Gasteiger partial charge is 0.160 e. The van der Waals surface area contributed by atoms with Gasteiger partial charge in [0.15, 0.2) is 6.29 Å². The highest BCUT2D eigenvalue weighted by Crippen LogP contribution is 2.58. The number of fused-ring (bicyclic) bond motifs is 3. The van der Waals surface area contributed by atoms with Crippen molar-refractivity contribution in [2.75, 3.05) is 6.61 Å². The van der Waals surface area contributed by atoms with Gasteiger partial charge in [-0.2, -0.15) is 0 Å². The molecule has 1 saturated heterocycles. The van der Waals surface area contributed by atoms with Gasteiger partial charge in [-0.25, -0.2) is 0 Å². The van der Waals surface area contributed by atoms with E-state index in [-0.39, 0.29) is 18.8 Å². The molecule has 1 heterocycles. The molecule has 5 heteroatoms. The van der Waals surface area contributed by atoms with Crippen LogP contribution in [0.5, 0.6) is 0 Å². The van der Waals surface area contributed by atoms with E-state index in [1.165, 1.54) is 57.8 Å². The third-order valence-corrected chi connectivity index (χ3v) is 11.0. The van der Waals surface area contributed by atoms with E-state index in [0.29, 0.717) is 30.1 Å². The second-order valence-electron chi connectivity index (χ2n) is 14.5. The Labute approximate surface area is 232 Å². The zero-order valence-corrected chi connectivity index (χ0v) is 25.0. The van der Waals surface area contributed by atoms with Crippen molar-refractivity contribution < 1.29 is 24.8 Å². The Morgan fingerprint density at radius 3 is 2.61 bits per heavy atom. The topological polar surface area (TPSA) is 79.2 Å². The summed E-state index contributed by atoms with van der Waals surface area (Å²) >= 11 is 0. The van der Waals surface area contributed by atoms with E-state index < -0.39 is 18.0 Å². The van der Waals surface area contributed by atoms with Crippen LogP contribution in [-0.2, 0) is 9.47 Å². The molecular formula is C33H58O5. The average Bonchev–Trinajstić information content (AvgIpc) is 2.91. The average molecular weight is 535 g/mol. The minimum Gasteiger partial charge on any atom is -0.394 e. The fraction of sp³-hybridized carbons (Fsp3) is 0.939. The van der Waals surface area contributed by atoms with Crippen LogP contribution < -0.4 is 0 Å². The van der Waals surface area contributed by atoms with Crippen molar-refractivity contribution in [2.45, 2.75) is 155 Å². The van der Waals surface area contributed by atoms with Crippen molar-refractivity contribution in [2.24, 2.45) is 35.0 Å². The Morgan fingerprint density at radius 1 is 1.08 bits per heavy atom. The molecule has 4 unspecified atom stereocenters. The summed E-state index contributed by atoms with van der Waals surface area (Å²) in [5.41, 5.74) is 1.44. The van der Waals surface area contributed by atoms with Gasteiger partial charge in [0.05, 0.1) is 30.5 Å². The first-order valence-electron chi connectivity index (χ1n) is 16.0. The Balaban J connectivity index is 1.37. The van der Waals surface area contributed by atoms with E-state index in [2.05, 4.69) is 26.8 Å². The molecular weight excluding hydrogens is 476 g/mol. The molecule has 0 aromatic rings. The van der Waals surface area contributed by atoms with E-state index in [9.17, 15) is 15.3 Å². The molecule has 0 aromatic carbocycles. The lowest BCUT2D eigenvalue weighted by atomic mass is 9.52. The van der Waals surface area contributed by atoms with E-state index >= 15 is 0 Å². The van der Waals surface area contributed by atoms with Gasteiger partial charge in [0.1, 0.15) is 0 Å². The molecule has 3 fully saturated rings. The van der Waals surface area contributed by atoms with Gasteiger partial charge in [0.25, 0.3) is 0 Å². The second-order valence-corrected chi connectivity index (χ2v) is 14.5. The zero-order valence-electron chi connectivity index (χ0n) is 25.0. The summed E-state index contributed by atoms with van der Waals surface area (Å²) in [5, 5.41) is 29.9. The maximum atomic E-state index is 10.2. The van der Waals surface area contributed by atoms with Gasteiger partial charge in [-0.05, 0) is 75.0 Å². The Kier molecular flexibility index (Phi) is 10.4. The number of rotatable bonds is 8. The molecule has 2 saturated carbocycles. The van der Waals surface area contributed by atoms with E-state index in [0.717, 1.165) is 37.0 Å². The fourth-order valence-corrected chi connectivity index (χ4v) is 8.78. The first-order valence-corrected chi connectivity index (χ1v) is 16.0. The lowest BCUT2D eigenvalue weighted by molar-refractivity contribution is -0.247.